The maximum Gasteiger partial charge on any atom is 0.340 e. The van der Waals surface area contributed by atoms with Crippen LogP contribution in [0.2, 0.25) is 0 Å². The van der Waals surface area contributed by atoms with Gasteiger partial charge < -0.3 is 0 Å². The Bertz CT molecular complexity index is 951. The first-order valence-electron chi connectivity index (χ1n) is 9.42. The second-order valence-corrected chi connectivity index (χ2v) is 6.51. The number of hydrogen-bond donors (Lipinski definition) is 0. The number of aromatic nitrogens is 4. The Kier molecular flexibility index (Phi) is 4.79. The largest absolute Gasteiger partial charge is 0.340 e. The molecule has 3 aromatic carbocycles. The van der Waals surface area contributed by atoms with Crippen molar-refractivity contribution in [3.8, 4) is 22.8 Å². The number of nitrogens with zero attached hydrogens (tertiary/aromatic N) is 4. The first-order chi connectivity index (χ1) is 13.3. The van der Waals surface area contributed by atoms with Gasteiger partial charge in [0.15, 0.2) is 5.69 Å². The minimum atomic E-state index is 0.703. The van der Waals surface area contributed by atoms with Crippen LogP contribution in [0.4, 0.5) is 0 Å². The van der Waals surface area contributed by atoms with Gasteiger partial charge in [-0.05, 0) is 70.3 Å². The third-order valence-electron chi connectivity index (χ3n) is 4.74. The van der Waals surface area contributed by atoms with Crippen molar-refractivity contribution >= 4 is 0 Å². The molecule has 0 amide bonds. The van der Waals surface area contributed by atoms with Gasteiger partial charge in [-0.2, -0.15) is 0 Å². The van der Waals surface area contributed by atoms with Crippen molar-refractivity contribution in [2.45, 2.75) is 26.7 Å². The summed E-state index contributed by atoms with van der Waals surface area (Å²) < 4.78 is 0. The molecule has 0 N–H and O–H groups in total. The molecule has 0 atom stereocenters. The van der Waals surface area contributed by atoms with Crippen LogP contribution < -0.4 is 4.80 Å². The van der Waals surface area contributed by atoms with Gasteiger partial charge >= 0.3 is 5.82 Å². The zero-order valence-corrected chi connectivity index (χ0v) is 15.7. The lowest BCUT2D eigenvalue weighted by Crippen LogP contribution is -2.43. The van der Waals surface area contributed by atoms with E-state index in [-0.39, 0.29) is 0 Å². The molecule has 4 nitrogen and oxygen atoms in total. The van der Waals surface area contributed by atoms with Gasteiger partial charge in [0, 0.05) is 4.80 Å². The normalized spacial score (nSPS) is 10.9. The molecule has 0 fully saturated rings. The molecule has 4 rings (SSSR count). The van der Waals surface area contributed by atoms with Crippen LogP contribution in [0.1, 0.15) is 25.0 Å². The maximum atomic E-state index is 4.79. The van der Waals surface area contributed by atoms with Gasteiger partial charge in [-0.3, -0.25) is 0 Å². The quantitative estimate of drug-likeness (QED) is 0.499. The molecule has 27 heavy (non-hydrogen) atoms. The Labute approximate surface area is 159 Å². The highest BCUT2D eigenvalue weighted by molar-refractivity contribution is 5.53. The lowest BCUT2D eigenvalue weighted by atomic mass is 10.1. The second kappa shape index (κ2) is 7.54. The maximum absolute atomic E-state index is 4.79. The van der Waals surface area contributed by atoms with Crippen LogP contribution in [-0.4, -0.2) is 15.0 Å². The van der Waals surface area contributed by atoms with E-state index in [1.165, 1.54) is 11.1 Å². The molecule has 0 aliphatic heterocycles. The van der Waals surface area contributed by atoms with Crippen LogP contribution >= 0.6 is 0 Å². The Morgan fingerprint density at radius 2 is 1.33 bits per heavy atom. The lowest BCUT2D eigenvalue weighted by Gasteiger charge is -2.02. The summed E-state index contributed by atoms with van der Waals surface area (Å²) in [6, 6.07) is 27.0. The predicted octanol–water partition coefficient (Wildman–Crippen LogP) is 4.34. The number of tetrazole rings is 1. The van der Waals surface area contributed by atoms with E-state index in [1.807, 2.05) is 39.9 Å². The van der Waals surface area contributed by atoms with Gasteiger partial charge in [0.25, 0.3) is 0 Å². The first-order valence-corrected chi connectivity index (χ1v) is 9.42. The summed E-state index contributed by atoms with van der Waals surface area (Å²) in [4.78, 5) is 3.73. The Balaban J connectivity index is 1.85. The van der Waals surface area contributed by atoms with Gasteiger partial charge in [0.1, 0.15) is 5.69 Å². The summed E-state index contributed by atoms with van der Waals surface area (Å²) >= 11 is 0. The summed E-state index contributed by atoms with van der Waals surface area (Å²) in [6.07, 6.45) is 2.04. The smallest absolute Gasteiger partial charge is 0.0622 e. The number of rotatable bonds is 5. The standard InChI is InChI=1S/C23H23N4/c1-3-18-10-14-21(15-11-18)26-24-23(20-8-6-5-7-9-20)25-27(26)22-16-12-19(4-2)13-17-22/h5-17H,3-4H2,1-2H3/q+1. The van der Waals surface area contributed by atoms with Gasteiger partial charge in [-0.15, -0.1) is 0 Å². The fourth-order valence-electron chi connectivity index (χ4n) is 3.05. The van der Waals surface area contributed by atoms with Crippen molar-refractivity contribution in [1.29, 1.82) is 0 Å². The third-order valence-corrected chi connectivity index (χ3v) is 4.74. The monoisotopic (exact) mass is 355 g/mol. The summed E-state index contributed by atoms with van der Waals surface area (Å²) in [6.45, 7) is 4.32. The zero-order chi connectivity index (χ0) is 18.6. The van der Waals surface area contributed by atoms with E-state index >= 15 is 0 Å². The van der Waals surface area contributed by atoms with Crippen molar-refractivity contribution < 1.29 is 4.80 Å². The van der Waals surface area contributed by atoms with Crippen LogP contribution in [0.25, 0.3) is 22.8 Å². The molecule has 4 heteroatoms. The number of benzene rings is 3. The van der Waals surface area contributed by atoms with Crippen molar-refractivity contribution in [2.75, 3.05) is 0 Å². The van der Waals surface area contributed by atoms with Crippen LogP contribution in [0.5, 0.6) is 0 Å². The minimum Gasteiger partial charge on any atom is -0.0622 e. The number of aryl methyl sites for hydroxylation is 2. The highest BCUT2D eigenvalue weighted by Gasteiger charge is 2.23. The average Bonchev–Trinajstić information content (AvgIpc) is 3.20. The fourth-order valence-corrected chi connectivity index (χ4v) is 3.05. The topological polar surface area (TPSA) is 34.6 Å². The van der Waals surface area contributed by atoms with Crippen LogP contribution in [0.15, 0.2) is 78.9 Å². The van der Waals surface area contributed by atoms with Crippen molar-refractivity contribution in [2.24, 2.45) is 0 Å². The first kappa shape index (κ1) is 17.2. The van der Waals surface area contributed by atoms with E-state index in [0.717, 1.165) is 29.8 Å². The van der Waals surface area contributed by atoms with E-state index in [9.17, 15) is 0 Å². The highest BCUT2D eigenvalue weighted by Crippen LogP contribution is 2.15. The molecule has 0 saturated heterocycles. The summed E-state index contributed by atoms with van der Waals surface area (Å²) in [5.74, 6) is 0.703. The Morgan fingerprint density at radius 3 is 1.93 bits per heavy atom. The van der Waals surface area contributed by atoms with Crippen molar-refractivity contribution in [3.63, 3.8) is 0 Å². The van der Waals surface area contributed by atoms with E-state index in [0.29, 0.717) is 5.82 Å². The lowest BCUT2D eigenvalue weighted by molar-refractivity contribution is -0.734. The predicted molar refractivity (Wildman–Crippen MR) is 107 cm³/mol. The average molecular weight is 355 g/mol. The molecule has 0 spiro atoms. The molecule has 1 aromatic heterocycles. The van der Waals surface area contributed by atoms with Gasteiger partial charge in [0.2, 0.25) is 0 Å². The molecule has 0 unspecified atom stereocenters. The van der Waals surface area contributed by atoms with E-state index in [4.69, 9.17) is 10.2 Å². The van der Waals surface area contributed by atoms with Gasteiger partial charge in [-0.1, -0.05) is 56.3 Å². The molecule has 0 aliphatic rings. The summed E-state index contributed by atoms with van der Waals surface area (Å²) in [5.41, 5.74) is 5.59. The molecule has 134 valence electrons. The summed E-state index contributed by atoms with van der Waals surface area (Å²) in [5, 5.41) is 9.59. The fraction of sp³-hybridized carbons (Fsp3) is 0.174. The zero-order valence-electron chi connectivity index (χ0n) is 15.7. The SMILES string of the molecule is CCc1ccc(-n2nc(-c3ccccc3)n[n+]2-c2ccc(CC)cc2)cc1. The molecule has 0 radical (unpaired) electrons. The Morgan fingerprint density at radius 1 is 0.741 bits per heavy atom. The van der Waals surface area contributed by atoms with Crippen molar-refractivity contribution in [3.05, 3.63) is 90.0 Å². The second-order valence-electron chi connectivity index (χ2n) is 6.51. The summed E-state index contributed by atoms with van der Waals surface area (Å²) in [7, 11) is 0. The molecular formula is C23H23N4+. The van der Waals surface area contributed by atoms with Gasteiger partial charge in [0.05, 0.1) is 10.7 Å². The van der Waals surface area contributed by atoms with E-state index in [2.05, 4.69) is 62.4 Å². The molecule has 4 aromatic rings. The Hall–Kier alpha value is -3.27. The number of hydrogen-bond acceptors (Lipinski definition) is 2. The highest BCUT2D eigenvalue weighted by atomic mass is 15.7. The third kappa shape index (κ3) is 3.51. The molecule has 0 saturated carbocycles. The van der Waals surface area contributed by atoms with E-state index < -0.39 is 0 Å². The van der Waals surface area contributed by atoms with E-state index in [1.54, 1.807) is 0 Å². The van der Waals surface area contributed by atoms with Crippen LogP contribution in [0, 0.1) is 0 Å². The minimum absolute atomic E-state index is 0.703. The molecule has 1 heterocycles. The van der Waals surface area contributed by atoms with Gasteiger partial charge in [-0.25, -0.2) is 0 Å². The van der Waals surface area contributed by atoms with Crippen molar-refractivity contribution in [1.82, 2.24) is 15.0 Å². The molecular weight excluding hydrogens is 332 g/mol. The van der Waals surface area contributed by atoms with Crippen LogP contribution in [-0.2, 0) is 12.8 Å². The van der Waals surface area contributed by atoms with Crippen LogP contribution in [0.3, 0.4) is 0 Å². The molecule has 0 bridgehead atoms. The molecule has 0 aliphatic carbocycles.